The van der Waals surface area contributed by atoms with Crippen LogP contribution >= 0.6 is 0 Å². The van der Waals surface area contributed by atoms with Crippen molar-refractivity contribution in [3.05, 3.63) is 12.3 Å². The molecular formula is C11H20O3. The number of rotatable bonds is 5. The summed E-state index contributed by atoms with van der Waals surface area (Å²) in [4.78, 5) is 0. The Morgan fingerprint density at radius 3 is 2.64 bits per heavy atom. The van der Waals surface area contributed by atoms with Crippen LogP contribution in [-0.2, 0) is 14.2 Å². The zero-order valence-electron chi connectivity index (χ0n) is 9.29. The van der Waals surface area contributed by atoms with Gasteiger partial charge in [0, 0.05) is 0 Å². The van der Waals surface area contributed by atoms with Crippen molar-refractivity contribution in [3.63, 3.8) is 0 Å². The zero-order chi connectivity index (χ0) is 10.4. The van der Waals surface area contributed by atoms with E-state index < -0.39 is 0 Å². The number of hydrogen-bond acceptors (Lipinski definition) is 3. The van der Waals surface area contributed by atoms with Crippen LogP contribution in [0.2, 0.25) is 0 Å². The Labute approximate surface area is 86.0 Å². The normalized spacial score (nSPS) is 25.8. The highest BCUT2D eigenvalue weighted by Gasteiger charge is 2.38. The molecule has 0 aromatic carbocycles. The van der Waals surface area contributed by atoms with E-state index in [2.05, 4.69) is 13.8 Å². The van der Waals surface area contributed by atoms with Crippen LogP contribution in [0.3, 0.4) is 0 Å². The van der Waals surface area contributed by atoms with Crippen molar-refractivity contribution in [1.82, 2.24) is 0 Å². The molecule has 1 aliphatic heterocycles. The molecule has 1 atom stereocenters. The van der Waals surface area contributed by atoms with Crippen molar-refractivity contribution in [2.75, 3.05) is 13.2 Å². The van der Waals surface area contributed by atoms with E-state index in [0.29, 0.717) is 13.2 Å². The molecule has 0 aliphatic carbocycles. The lowest BCUT2D eigenvalue weighted by Crippen LogP contribution is -2.29. The molecule has 0 saturated carbocycles. The van der Waals surface area contributed by atoms with Crippen LogP contribution in [0.15, 0.2) is 12.3 Å². The van der Waals surface area contributed by atoms with Gasteiger partial charge in [-0.25, -0.2) is 0 Å². The molecule has 0 aromatic rings. The summed E-state index contributed by atoms with van der Waals surface area (Å²) in [5, 5.41) is 0. The van der Waals surface area contributed by atoms with Crippen molar-refractivity contribution >= 4 is 0 Å². The molecule has 82 valence electrons. The highest BCUT2D eigenvalue weighted by atomic mass is 16.7. The van der Waals surface area contributed by atoms with Crippen LogP contribution in [0.5, 0.6) is 0 Å². The number of hydrogen-bond donors (Lipinski definition) is 0. The predicted octanol–water partition coefficient (Wildman–Crippen LogP) is 2.47. The topological polar surface area (TPSA) is 27.7 Å². The maximum atomic E-state index is 5.81. The first-order chi connectivity index (χ1) is 6.76. The molecular weight excluding hydrogens is 180 g/mol. The summed E-state index contributed by atoms with van der Waals surface area (Å²) in [5.41, 5.74) is 0. The monoisotopic (exact) mass is 200 g/mol. The Balaban J connectivity index is 2.32. The van der Waals surface area contributed by atoms with E-state index in [9.17, 15) is 0 Å². The van der Waals surface area contributed by atoms with Crippen molar-refractivity contribution in [2.24, 2.45) is 0 Å². The SMILES string of the molecule is CC=COCC1COC(CC)(CC)O1. The highest BCUT2D eigenvalue weighted by molar-refractivity contribution is 4.77. The second kappa shape index (κ2) is 5.37. The fourth-order valence-corrected chi connectivity index (χ4v) is 1.58. The van der Waals surface area contributed by atoms with E-state index in [0.717, 1.165) is 12.8 Å². The average Bonchev–Trinajstić information content (AvgIpc) is 2.63. The number of ether oxygens (including phenoxy) is 3. The van der Waals surface area contributed by atoms with E-state index in [1.54, 1.807) is 6.26 Å². The molecule has 14 heavy (non-hydrogen) atoms. The molecule has 0 bridgehead atoms. The third kappa shape index (κ3) is 2.72. The smallest absolute Gasteiger partial charge is 0.168 e. The lowest BCUT2D eigenvalue weighted by atomic mass is 10.1. The van der Waals surface area contributed by atoms with Gasteiger partial charge in [-0.2, -0.15) is 0 Å². The van der Waals surface area contributed by atoms with Gasteiger partial charge in [-0.05, 0) is 19.8 Å². The molecule has 0 spiro atoms. The van der Waals surface area contributed by atoms with Crippen LogP contribution in [0.4, 0.5) is 0 Å². The lowest BCUT2D eigenvalue weighted by Gasteiger charge is -2.24. The van der Waals surface area contributed by atoms with E-state index in [1.165, 1.54) is 0 Å². The van der Waals surface area contributed by atoms with Crippen LogP contribution in [-0.4, -0.2) is 25.1 Å². The third-order valence-electron chi connectivity index (χ3n) is 2.51. The summed E-state index contributed by atoms with van der Waals surface area (Å²) in [6.45, 7) is 7.30. The fraction of sp³-hybridized carbons (Fsp3) is 0.818. The second-order valence-corrected chi connectivity index (χ2v) is 3.47. The third-order valence-corrected chi connectivity index (χ3v) is 2.51. The lowest BCUT2D eigenvalue weighted by molar-refractivity contribution is -0.175. The molecule has 0 amide bonds. The van der Waals surface area contributed by atoms with E-state index in [-0.39, 0.29) is 11.9 Å². The van der Waals surface area contributed by atoms with Crippen LogP contribution in [0, 0.1) is 0 Å². The van der Waals surface area contributed by atoms with E-state index >= 15 is 0 Å². The first kappa shape index (κ1) is 11.5. The predicted molar refractivity (Wildman–Crippen MR) is 54.9 cm³/mol. The van der Waals surface area contributed by atoms with Gasteiger partial charge in [0.05, 0.1) is 12.9 Å². The summed E-state index contributed by atoms with van der Waals surface area (Å²) < 4.78 is 16.7. The summed E-state index contributed by atoms with van der Waals surface area (Å²) in [6.07, 6.45) is 5.41. The second-order valence-electron chi connectivity index (χ2n) is 3.47. The molecule has 1 fully saturated rings. The van der Waals surface area contributed by atoms with Crippen LogP contribution < -0.4 is 0 Å². The summed E-state index contributed by atoms with van der Waals surface area (Å²) in [7, 11) is 0. The van der Waals surface area contributed by atoms with Gasteiger partial charge in [0.25, 0.3) is 0 Å². The molecule has 0 aromatic heterocycles. The minimum Gasteiger partial charge on any atom is -0.499 e. The van der Waals surface area contributed by atoms with Crippen LogP contribution in [0.25, 0.3) is 0 Å². The minimum absolute atomic E-state index is 0.0751. The zero-order valence-corrected chi connectivity index (χ0v) is 9.29. The maximum absolute atomic E-state index is 5.81. The van der Waals surface area contributed by atoms with Gasteiger partial charge in [-0.1, -0.05) is 19.9 Å². The van der Waals surface area contributed by atoms with Gasteiger partial charge in [-0.15, -0.1) is 0 Å². The molecule has 0 radical (unpaired) electrons. The van der Waals surface area contributed by atoms with Gasteiger partial charge >= 0.3 is 0 Å². The molecule has 3 heteroatoms. The van der Waals surface area contributed by atoms with E-state index in [4.69, 9.17) is 14.2 Å². The first-order valence-corrected chi connectivity index (χ1v) is 5.31. The van der Waals surface area contributed by atoms with Gasteiger partial charge in [0.1, 0.15) is 12.7 Å². The summed E-state index contributed by atoms with van der Waals surface area (Å²) >= 11 is 0. The number of allylic oxidation sites excluding steroid dienone is 1. The Hall–Kier alpha value is -0.540. The maximum Gasteiger partial charge on any atom is 0.168 e. The highest BCUT2D eigenvalue weighted by Crippen LogP contribution is 2.30. The largest absolute Gasteiger partial charge is 0.499 e. The van der Waals surface area contributed by atoms with Crippen molar-refractivity contribution in [1.29, 1.82) is 0 Å². The van der Waals surface area contributed by atoms with Crippen molar-refractivity contribution in [2.45, 2.75) is 45.5 Å². The summed E-state index contributed by atoms with van der Waals surface area (Å²) in [6, 6.07) is 0. The average molecular weight is 200 g/mol. The van der Waals surface area contributed by atoms with Gasteiger partial charge < -0.3 is 14.2 Å². The molecule has 1 heterocycles. The molecule has 1 aliphatic rings. The molecule has 1 saturated heterocycles. The van der Waals surface area contributed by atoms with Crippen molar-refractivity contribution < 1.29 is 14.2 Å². The molecule has 0 N–H and O–H groups in total. The Kier molecular flexibility index (Phi) is 4.42. The molecule has 1 rings (SSSR count). The van der Waals surface area contributed by atoms with E-state index in [1.807, 2.05) is 13.0 Å². The van der Waals surface area contributed by atoms with Gasteiger partial charge in [0.15, 0.2) is 5.79 Å². The Morgan fingerprint density at radius 1 is 1.43 bits per heavy atom. The minimum atomic E-state index is -0.357. The molecule has 3 nitrogen and oxygen atoms in total. The fourth-order valence-electron chi connectivity index (χ4n) is 1.58. The van der Waals surface area contributed by atoms with Crippen LogP contribution in [0.1, 0.15) is 33.6 Å². The first-order valence-electron chi connectivity index (χ1n) is 5.31. The quantitative estimate of drug-likeness (QED) is 0.638. The standard InChI is InChI=1S/C11H20O3/c1-4-7-12-8-10-9-13-11(5-2,6-3)14-10/h4,7,10H,5-6,8-9H2,1-3H3. The van der Waals surface area contributed by atoms with Crippen molar-refractivity contribution in [3.8, 4) is 0 Å². The molecule has 1 unspecified atom stereocenters. The van der Waals surface area contributed by atoms with Gasteiger partial charge in [0.2, 0.25) is 0 Å². The Bertz CT molecular complexity index is 185. The van der Waals surface area contributed by atoms with Gasteiger partial charge in [-0.3, -0.25) is 0 Å². The Morgan fingerprint density at radius 2 is 2.14 bits per heavy atom. The summed E-state index contributed by atoms with van der Waals surface area (Å²) in [5.74, 6) is -0.357.